The van der Waals surface area contributed by atoms with Crippen molar-refractivity contribution in [2.75, 3.05) is 13.1 Å². The van der Waals surface area contributed by atoms with Crippen molar-refractivity contribution in [2.45, 2.75) is 39.8 Å². The molecule has 0 spiro atoms. The van der Waals surface area contributed by atoms with E-state index in [2.05, 4.69) is 27.5 Å². The van der Waals surface area contributed by atoms with Gasteiger partial charge < -0.3 is 15.4 Å². The van der Waals surface area contributed by atoms with Crippen LogP contribution in [-0.2, 0) is 13.0 Å². The summed E-state index contributed by atoms with van der Waals surface area (Å²) in [7, 11) is 0. The van der Waals surface area contributed by atoms with Gasteiger partial charge in [0.05, 0.1) is 18.1 Å². The smallest absolute Gasteiger partial charge is 0.191 e. The van der Waals surface area contributed by atoms with Crippen LogP contribution in [0.3, 0.4) is 0 Å². The Kier molecular flexibility index (Phi) is 10.9. The fourth-order valence-electron chi connectivity index (χ4n) is 2.11. The molecule has 2 N–H and O–H groups in total. The van der Waals surface area contributed by atoms with Gasteiger partial charge in [0, 0.05) is 17.6 Å². The first-order chi connectivity index (χ1) is 12.1. The quantitative estimate of drug-likeness (QED) is 0.313. The van der Waals surface area contributed by atoms with Crippen LogP contribution in [0, 0.1) is 0 Å². The maximum atomic E-state index is 6.12. The molecular weight excluding hydrogens is 483 g/mol. The topological polar surface area (TPSA) is 58.5 Å². The van der Waals surface area contributed by atoms with Crippen LogP contribution in [0.1, 0.15) is 30.7 Å². The average molecular weight is 509 g/mol. The summed E-state index contributed by atoms with van der Waals surface area (Å²) in [5, 5.41) is 8.18. The standard InChI is InChI=1S/C18H25ClN4OS.HI/c1-4-14-11-21-17(25-14)12-23-18(20-5-2)22-10-13(3)24-16-9-7-6-8-15(16)19;/h6-9,11,13H,4-5,10,12H2,1-3H3,(H2,20,22,23);1H. The highest BCUT2D eigenvalue weighted by Gasteiger charge is 2.08. The first-order valence-electron chi connectivity index (χ1n) is 8.49. The van der Waals surface area contributed by atoms with E-state index in [1.54, 1.807) is 11.3 Å². The van der Waals surface area contributed by atoms with Gasteiger partial charge in [-0.25, -0.2) is 9.98 Å². The van der Waals surface area contributed by atoms with E-state index in [0.717, 1.165) is 23.9 Å². The fourth-order valence-corrected chi connectivity index (χ4v) is 3.08. The highest BCUT2D eigenvalue weighted by atomic mass is 127. The number of benzene rings is 1. The van der Waals surface area contributed by atoms with Crippen LogP contribution in [0.5, 0.6) is 5.75 Å². The average Bonchev–Trinajstić information content (AvgIpc) is 3.07. The molecule has 1 heterocycles. The minimum atomic E-state index is -0.0460. The van der Waals surface area contributed by atoms with Crippen molar-refractivity contribution in [1.82, 2.24) is 15.6 Å². The van der Waals surface area contributed by atoms with Crippen LogP contribution in [0.4, 0.5) is 0 Å². The molecule has 0 saturated carbocycles. The number of para-hydroxylation sites is 1. The Morgan fingerprint density at radius 3 is 2.73 bits per heavy atom. The predicted molar refractivity (Wildman–Crippen MR) is 121 cm³/mol. The molecule has 0 aliphatic carbocycles. The predicted octanol–water partition coefficient (Wildman–Crippen LogP) is 4.50. The maximum absolute atomic E-state index is 6.12. The molecule has 5 nitrogen and oxygen atoms in total. The van der Waals surface area contributed by atoms with Gasteiger partial charge in [0.1, 0.15) is 16.9 Å². The Morgan fingerprint density at radius 1 is 1.31 bits per heavy atom. The van der Waals surface area contributed by atoms with Crippen LogP contribution < -0.4 is 15.4 Å². The van der Waals surface area contributed by atoms with E-state index in [1.165, 1.54) is 4.88 Å². The lowest BCUT2D eigenvalue weighted by Gasteiger charge is -2.18. The van der Waals surface area contributed by atoms with Crippen LogP contribution in [0.2, 0.25) is 5.02 Å². The first-order valence-corrected chi connectivity index (χ1v) is 9.68. The second kappa shape index (κ2) is 12.3. The number of nitrogens with one attached hydrogen (secondary N) is 2. The molecule has 2 rings (SSSR count). The molecule has 1 aromatic heterocycles. The van der Waals surface area contributed by atoms with E-state index in [-0.39, 0.29) is 30.1 Å². The van der Waals surface area contributed by atoms with Crippen molar-refractivity contribution in [3.05, 3.63) is 45.4 Å². The number of aliphatic imine (C=N–C) groups is 1. The molecule has 1 atom stereocenters. The van der Waals surface area contributed by atoms with Gasteiger partial charge in [-0.05, 0) is 32.4 Å². The van der Waals surface area contributed by atoms with Crippen molar-refractivity contribution in [3.8, 4) is 5.75 Å². The normalized spacial score (nSPS) is 12.2. The van der Waals surface area contributed by atoms with Gasteiger partial charge in [-0.2, -0.15) is 0 Å². The fraction of sp³-hybridized carbons (Fsp3) is 0.444. The van der Waals surface area contributed by atoms with E-state index >= 15 is 0 Å². The highest BCUT2D eigenvalue weighted by Crippen LogP contribution is 2.24. The number of hydrogen-bond acceptors (Lipinski definition) is 4. The summed E-state index contributed by atoms with van der Waals surface area (Å²) in [5.41, 5.74) is 0. The lowest BCUT2D eigenvalue weighted by atomic mass is 10.3. The molecule has 0 amide bonds. The number of halogens is 2. The maximum Gasteiger partial charge on any atom is 0.191 e. The van der Waals surface area contributed by atoms with Crippen LogP contribution in [-0.4, -0.2) is 30.1 Å². The second-order valence-corrected chi connectivity index (χ2v) is 7.12. The third-order valence-corrected chi connectivity index (χ3v) is 4.83. The van der Waals surface area contributed by atoms with Crippen LogP contribution in [0.15, 0.2) is 35.5 Å². The molecule has 0 radical (unpaired) electrons. The zero-order chi connectivity index (χ0) is 18.1. The van der Waals surface area contributed by atoms with E-state index in [4.69, 9.17) is 16.3 Å². The first kappa shape index (κ1) is 23.0. The van der Waals surface area contributed by atoms with E-state index in [1.807, 2.05) is 44.3 Å². The number of aromatic nitrogens is 1. The molecule has 0 bridgehead atoms. The van der Waals surface area contributed by atoms with Crippen molar-refractivity contribution < 1.29 is 4.74 Å². The molecule has 8 heteroatoms. The highest BCUT2D eigenvalue weighted by molar-refractivity contribution is 14.0. The number of nitrogens with zero attached hydrogens (tertiary/aromatic N) is 2. The number of aryl methyl sites for hydroxylation is 1. The SMILES string of the molecule is CCNC(=NCc1ncc(CC)s1)NCC(C)Oc1ccccc1Cl.I. The summed E-state index contributed by atoms with van der Waals surface area (Å²) in [6.07, 6.45) is 2.89. The van der Waals surface area contributed by atoms with E-state index in [0.29, 0.717) is 23.9 Å². The van der Waals surface area contributed by atoms with Gasteiger partial charge in [0.25, 0.3) is 0 Å². The Hall–Kier alpha value is -1.06. The van der Waals surface area contributed by atoms with E-state index < -0.39 is 0 Å². The molecule has 0 aliphatic heterocycles. The summed E-state index contributed by atoms with van der Waals surface area (Å²) in [5.74, 6) is 1.45. The van der Waals surface area contributed by atoms with Gasteiger partial charge in [-0.3, -0.25) is 0 Å². The lowest BCUT2D eigenvalue weighted by molar-refractivity contribution is 0.224. The number of rotatable bonds is 8. The molecule has 0 aliphatic rings. The van der Waals surface area contributed by atoms with Crippen molar-refractivity contribution in [2.24, 2.45) is 4.99 Å². The van der Waals surface area contributed by atoms with Crippen LogP contribution in [0.25, 0.3) is 0 Å². The summed E-state index contributed by atoms with van der Waals surface area (Å²) < 4.78 is 5.87. The minimum Gasteiger partial charge on any atom is -0.487 e. The summed E-state index contributed by atoms with van der Waals surface area (Å²) >= 11 is 7.83. The molecule has 26 heavy (non-hydrogen) atoms. The van der Waals surface area contributed by atoms with Crippen molar-refractivity contribution in [1.29, 1.82) is 0 Å². The third-order valence-electron chi connectivity index (χ3n) is 3.39. The summed E-state index contributed by atoms with van der Waals surface area (Å²) in [6.45, 7) is 8.15. The van der Waals surface area contributed by atoms with Crippen molar-refractivity contribution >= 4 is 52.9 Å². The molecule has 0 fully saturated rings. The number of guanidine groups is 1. The Bertz CT molecular complexity index is 695. The number of ether oxygens (including phenoxy) is 1. The summed E-state index contributed by atoms with van der Waals surface area (Å²) in [4.78, 5) is 10.3. The summed E-state index contributed by atoms with van der Waals surface area (Å²) in [6, 6.07) is 7.48. The van der Waals surface area contributed by atoms with Crippen LogP contribution >= 0.6 is 46.9 Å². The zero-order valence-electron chi connectivity index (χ0n) is 15.3. The molecule has 1 unspecified atom stereocenters. The van der Waals surface area contributed by atoms with E-state index in [9.17, 15) is 0 Å². The van der Waals surface area contributed by atoms with Crippen molar-refractivity contribution in [3.63, 3.8) is 0 Å². The lowest BCUT2D eigenvalue weighted by Crippen LogP contribution is -2.41. The minimum absolute atomic E-state index is 0. The Morgan fingerprint density at radius 2 is 2.08 bits per heavy atom. The monoisotopic (exact) mass is 508 g/mol. The molecular formula is C18H26ClIN4OS. The largest absolute Gasteiger partial charge is 0.487 e. The number of thiazole rings is 1. The van der Waals surface area contributed by atoms with Gasteiger partial charge in [0.15, 0.2) is 5.96 Å². The number of hydrogen-bond donors (Lipinski definition) is 2. The second-order valence-electron chi connectivity index (χ2n) is 5.51. The van der Waals surface area contributed by atoms with Gasteiger partial charge in [-0.1, -0.05) is 30.7 Å². The molecule has 144 valence electrons. The third kappa shape index (κ3) is 7.67. The Balaban J connectivity index is 0.00000338. The molecule has 2 aromatic rings. The Labute approximate surface area is 181 Å². The van der Waals surface area contributed by atoms with Gasteiger partial charge in [-0.15, -0.1) is 35.3 Å². The van der Waals surface area contributed by atoms with Gasteiger partial charge >= 0.3 is 0 Å². The zero-order valence-corrected chi connectivity index (χ0v) is 19.2. The van der Waals surface area contributed by atoms with Gasteiger partial charge in [0.2, 0.25) is 0 Å². The molecule has 0 saturated heterocycles. The molecule has 1 aromatic carbocycles.